The summed E-state index contributed by atoms with van der Waals surface area (Å²) in [6.07, 6.45) is 88.8. The average Bonchev–Trinajstić information content (AvgIpc) is 3.64. The van der Waals surface area contributed by atoms with E-state index in [0.29, 0.717) is 23.9 Å². The zero-order chi connectivity index (χ0) is 62.1. The smallest absolute Gasteiger partial charge is 0.306 e. The van der Waals surface area contributed by atoms with Gasteiger partial charge in [-0.1, -0.05) is 277 Å². The minimum Gasteiger partial charge on any atom is -0.756 e. The zero-order valence-electron chi connectivity index (χ0n) is 55.8. The molecule has 0 aliphatic carbocycles. The number of amides is 1. The summed E-state index contributed by atoms with van der Waals surface area (Å²) in [7, 11) is 1.16. The van der Waals surface area contributed by atoms with Gasteiger partial charge in [-0.05, 0) is 122 Å². The summed E-state index contributed by atoms with van der Waals surface area (Å²) in [4.78, 5) is 40.2. The maximum Gasteiger partial charge on any atom is 0.306 e. The van der Waals surface area contributed by atoms with Crippen LogP contribution in [0.15, 0.2) is 122 Å². The van der Waals surface area contributed by atoms with Crippen LogP contribution < -0.4 is 10.2 Å². The van der Waals surface area contributed by atoms with E-state index in [1.54, 1.807) is 0 Å². The molecule has 85 heavy (non-hydrogen) atoms. The monoisotopic (exact) mass is 1200 g/mol. The highest BCUT2D eigenvalue weighted by atomic mass is 31.2. The maximum absolute atomic E-state index is 13.6. The van der Waals surface area contributed by atoms with Crippen LogP contribution in [0.5, 0.6) is 0 Å². The van der Waals surface area contributed by atoms with Crippen molar-refractivity contribution in [2.45, 2.75) is 303 Å². The number of carbonyl (C=O) groups is 2. The molecule has 0 spiro atoms. The van der Waals surface area contributed by atoms with Crippen LogP contribution in [0.25, 0.3) is 0 Å². The molecule has 3 unspecified atom stereocenters. The number of nitrogens with one attached hydrogen (secondary N) is 1. The summed E-state index contributed by atoms with van der Waals surface area (Å²) < 4.78 is 30.4. The summed E-state index contributed by atoms with van der Waals surface area (Å²) in [5.74, 6) is -0.571. The van der Waals surface area contributed by atoms with Gasteiger partial charge in [-0.3, -0.25) is 14.2 Å². The first kappa shape index (κ1) is 81.4. The van der Waals surface area contributed by atoms with Crippen LogP contribution in [-0.4, -0.2) is 69.4 Å². The Hall–Kier alpha value is -3.59. The lowest BCUT2D eigenvalue weighted by Crippen LogP contribution is -2.47. The lowest BCUT2D eigenvalue weighted by molar-refractivity contribution is -0.870. The molecule has 3 atom stereocenters. The minimum absolute atomic E-state index is 0.0328. The number of esters is 1. The maximum atomic E-state index is 13.6. The van der Waals surface area contributed by atoms with Gasteiger partial charge in [0, 0.05) is 12.8 Å². The quantitative estimate of drug-likeness (QED) is 0.0212. The summed E-state index contributed by atoms with van der Waals surface area (Å²) in [6, 6.07) is -0.909. The highest BCUT2D eigenvalue weighted by Crippen LogP contribution is 2.38. The van der Waals surface area contributed by atoms with E-state index in [4.69, 9.17) is 13.8 Å². The number of phosphoric acid groups is 1. The van der Waals surface area contributed by atoms with Crippen molar-refractivity contribution < 1.29 is 37.3 Å². The molecule has 0 aliphatic heterocycles. The van der Waals surface area contributed by atoms with Crippen molar-refractivity contribution in [3.05, 3.63) is 122 Å². The zero-order valence-corrected chi connectivity index (χ0v) is 56.7. The van der Waals surface area contributed by atoms with Gasteiger partial charge in [0.2, 0.25) is 5.91 Å². The van der Waals surface area contributed by atoms with Crippen molar-refractivity contribution in [1.29, 1.82) is 0 Å². The fourth-order valence-electron chi connectivity index (χ4n) is 9.53. The number of phosphoric ester groups is 1. The van der Waals surface area contributed by atoms with Gasteiger partial charge in [-0.25, -0.2) is 0 Å². The van der Waals surface area contributed by atoms with Gasteiger partial charge in [0.1, 0.15) is 19.3 Å². The molecule has 0 bridgehead atoms. The van der Waals surface area contributed by atoms with Gasteiger partial charge < -0.3 is 28.5 Å². The number of unbranched alkanes of at least 4 members (excludes halogenated alkanes) is 28. The first-order chi connectivity index (χ1) is 41.4. The first-order valence-electron chi connectivity index (χ1n) is 34.8. The second-order valence-electron chi connectivity index (χ2n) is 24.3. The Morgan fingerprint density at radius 2 is 0.753 bits per heavy atom. The van der Waals surface area contributed by atoms with Crippen molar-refractivity contribution in [2.75, 3.05) is 40.9 Å². The molecule has 0 heterocycles. The normalized spacial score (nSPS) is 14.3. The number of rotatable bonds is 62. The molecule has 10 heteroatoms. The fourth-order valence-corrected chi connectivity index (χ4v) is 10.3. The van der Waals surface area contributed by atoms with E-state index < -0.39 is 26.6 Å². The van der Waals surface area contributed by atoms with Crippen LogP contribution in [-0.2, 0) is 27.9 Å². The number of quaternary nitrogens is 1. The number of allylic oxidation sites excluding steroid dienone is 19. The van der Waals surface area contributed by atoms with E-state index in [9.17, 15) is 19.0 Å². The van der Waals surface area contributed by atoms with Crippen molar-refractivity contribution in [2.24, 2.45) is 0 Å². The van der Waals surface area contributed by atoms with Crippen LogP contribution in [0.2, 0.25) is 0 Å². The van der Waals surface area contributed by atoms with Gasteiger partial charge in [0.25, 0.3) is 7.82 Å². The van der Waals surface area contributed by atoms with Crippen LogP contribution in [0.4, 0.5) is 0 Å². The van der Waals surface area contributed by atoms with Crippen molar-refractivity contribution in [3.63, 3.8) is 0 Å². The number of carbonyl (C=O) groups excluding carboxylic acids is 2. The lowest BCUT2D eigenvalue weighted by atomic mass is 10.0. The molecule has 0 aliphatic rings. The number of hydrogen-bond acceptors (Lipinski definition) is 7. The molecule has 488 valence electrons. The first-order valence-corrected chi connectivity index (χ1v) is 36.3. The van der Waals surface area contributed by atoms with Crippen molar-refractivity contribution in [3.8, 4) is 0 Å². The molecule has 0 saturated heterocycles. The fraction of sp³-hybridized carbons (Fsp3) is 0.707. The summed E-state index contributed by atoms with van der Waals surface area (Å²) in [5.41, 5.74) is 0. The summed E-state index contributed by atoms with van der Waals surface area (Å²) in [5, 5.41) is 3.03. The molecule has 1 amide bonds. The van der Waals surface area contributed by atoms with Gasteiger partial charge in [0.05, 0.1) is 33.8 Å². The molecule has 0 aromatic heterocycles. The molecule has 0 aromatic carbocycles. The van der Waals surface area contributed by atoms with Crippen molar-refractivity contribution >= 4 is 19.7 Å². The van der Waals surface area contributed by atoms with E-state index >= 15 is 0 Å². The third-order valence-corrected chi connectivity index (χ3v) is 15.8. The van der Waals surface area contributed by atoms with Crippen LogP contribution in [0.3, 0.4) is 0 Å². The highest BCUT2D eigenvalue weighted by molar-refractivity contribution is 7.45. The summed E-state index contributed by atoms with van der Waals surface area (Å²) in [6.45, 7) is 6.69. The third kappa shape index (κ3) is 64.7. The van der Waals surface area contributed by atoms with Gasteiger partial charge in [-0.15, -0.1) is 0 Å². The van der Waals surface area contributed by atoms with E-state index in [0.717, 1.165) is 135 Å². The Morgan fingerprint density at radius 1 is 0.424 bits per heavy atom. The number of nitrogens with zero attached hydrogens (tertiary/aromatic N) is 1. The SMILES string of the molecule is CC/C=C\C/C=C\C/C=C\C/C=C\C/C=C\CCCCCCCCCCCC(=O)NC(COP(=O)([O-])OCC[N+](C)(C)C)C(/C=C\CCCCCCCCCCCCC)OC(=O)CCCCCCC/C=C\C/C=C\C/C=C\C/C=C\CCCCC. The molecule has 0 rings (SSSR count). The number of likely N-dealkylation sites (N-methyl/N-ethyl adjacent to an activating group) is 1. The number of hydrogen-bond donors (Lipinski definition) is 1. The average molecular weight is 1200 g/mol. The summed E-state index contributed by atoms with van der Waals surface area (Å²) >= 11 is 0. The molecule has 0 radical (unpaired) electrons. The lowest BCUT2D eigenvalue weighted by Gasteiger charge is -2.30. The highest BCUT2D eigenvalue weighted by Gasteiger charge is 2.27. The Bertz CT molecular complexity index is 1870. The predicted molar refractivity (Wildman–Crippen MR) is 367 cm³/mol. The number of ether oxygens (including phenoxy) is 1. The Balaban J connectivity index is 5.20. The van der Waals surface area contributed by atoms with E-state index in [1.165, 1.54) is 116 Å². The molecule has 0 saturated carbocycles. The molecule has 0 fully saturated rings. The molecule has 1 N–H and O–H groups in total. The van der Waals surface area contributed by atoms with E-state index in [1.807, 2.05) is 33.3 Å². The largest absolute Gasteiger partial charge is 0.756 e. The second kappa shape index (κ2) is 63.4. The molecular formula is C75H131N2O7P. The van der Waals surface area contributed by atoms with Crippen LogP contribution >= 0.6 is 7.82 Å². The third-order valence-electron chi connectivity index (χ3n) is 14.9. The Labute approximate surface area is 524 Å². The topological polar surface area (TPSA) is 114 Å². The molecule has 9 nitrogen and oxygen atoms in total. The Kier molecular flexibility index (Phi) is 60.8. The van der Waals surface area contributed by atoms with Crippen LogP contribution in [0, 0.1) is 0 Å². The van der Waals surface area contributed by atoms with Crippen LogP contribution in [0.1, 0.15) is 290 Å². The van der Waals surface area contributed by atoms with Crippen molar-refractivity contribution in [1.82, 2.24) is 5.32 Å². The molecule has 0 aromatic rings. The minimum atomic E-state index is -4.72. The van der Waals surface area contributed by atoms with E-state index in [2.05, 4.69) is 135 Å². The van der Waals surface area contributed by atoms with E-state index in [-0.39, 0.29) is 24.9 Å². The van der Waals surface area contributed by atoms with Gasteiger partial charge >= 0.3 is 5.97 Å². The van der Waals surface area contributed by atoms with Gasteiger partial charge in [0.15, 0.2) is 0 Å². The second-order valence-corrected chi connectivity index (χ2v) is 25.7. The predicted octanol–water partition coefficient (Wildman–Crippen LogP) is 21.6. The molecular weight excluding hydrogens is 1070 g/mol. The Morgan fingerprint density at radius 3 is 1.15 bits per heavy atom. The standard InChI is InChI=1S/C75H131N2O7P/c1-7-10-13-16-19-22-25-28-30-32-34-36-37-38-39-41-42-44-46-49-52-55-58-61-64-67-74(78)76-72(71-83-85(80,81)82-70-69-77(4,5)6)73(66-63-60-57-54-51-48-27-24-21-18-15-12-9-3)84-75(79)68-65-62-59-56-53-50-47-45-43-40-35-33-31-29-26-23-20-17-14-11-8-2/h10,13,19-20,22-23,28-31,34-36,38-40,45,47,63,66,72-73H,7-9,11-12,14-18,21,24-27,32-33,37,41-44,46,48-62,64-65,67-71H2,1-6H3,(H-,76,78,80,81)/b13-10-,22-19-,23-20-,30-28-,31-29-,36-34-,39-38-,40-35-,47-45-,66-63-. The van der Waals surface area contributed by atoms with Gasteiger partial charge in [-0.2, -0.15) is 0 Å².